The van der Waals surface area contributed by atoms with E-state index in [9.17, 15) is 18.0 Å². The predicted octanol–water partition coefficient (Wildman–Crippen LogP) is 3.60. The Balaban J connectivity index is 1.60. The molecule has 11 heteroatoms. The highest BCUT2D eigenvalue weighted by Gasteiger charge is 2.21. The van der Waals surface area contributed by atoms with Crippen LogP contribution in [0, 0.1) is 0 Å². The first-order valence-corrected chi connectivity index (χ1v) is 11.5. The Kier molecular flexibility index (Phi) is 7.75. The summed E-state index contributed by atoms with van der Waals surface area (Å²) in [5.74, 6) is -0.529. The second-order valence-electron chi connectivity index (χ2n) is 6.81. The van der Waals surface area contributed by atoms with Crippen molar-refractivity contribution in [3.8, 4) is 5.75 Å². The maximum atomic E-state index is 12.4. The van der Waals surface area contributed by atoms with Crippen molar-refractivity contribution in [3.05, 3.63) is 77.2 Å². The SMILES string of the molecule is COc1ccc(Cl)cc1NC(=O)C(C)OC(=O)c1ccc(S(=O)(=O)NCc2ccco2)cc1. The lowest BCUT2D eigenvalue weighted by molar-refractivity contribution is -0.123. The summed E-state index contributed by atoms with van der Waals surface area (Å²) in [7, 11) is -2.37. The number of anilines is 1. The zero-order chi connectivity index (χ0) is 24.0. The average Bonchev–Trinajstić information content (AvgIpc) is 3.32. The zero-order valence-corrected chi connectivity index (χ0v) is 19.3. The zero-order valence-electron chi connectivity index (χ0n) is 17.7. The summed E-state index contributed by atoms with van der Waals surface area (Å²) in [6, 6.07) is 13.1. The number of furan rings is 1. The van der Waals surface area contributed by atoms with Gasteiger partial charge in [0.25, 0.3) is 5.91 Å². The number of benzene rings is 2. The van der Waals surface area contributed by atoms with E-state index in [-0.39, 0.29) is 17.0 Å². The van der Waals surface area contributed by atoms with Crippen molar-refractivity contribution in [3.63, 3.8) is 0 Å². The Hall–Kier alpha value is -3.34. The quantitative estimate of drug-likeness (QED) is 0.437. The van der Waals surface area contributed by atoms with Crippen LogP contribution in [0.5, 0.6) is 5.75 Å². The monoisotopic (exact) mass is 492 g/mol. The number of hydrogen-bond donors (Lipinski definition) is 2. The highest BCUT2D eigenvalue weighted by atomic mass is 35.5. The summed E-state index contributed by atoms with van der Waals surface area (Å²) in [6.07, 6.45) is 0.302. The molecule has 0 aliphatic rings. The van der Waals surface area contributed by atoms with Crippen LogP contribution in [0.1, 0.15) is 23.0 Å². The van der Waals surface area contributed by atoms with Crippen LogP contribution in [0.4, 0.5) is 5.69 Å². The summed E-state index contributed by atoms with van der Waals surface area (Å²) in [5.41, 5.74) is 0.412. The van der Waals surface area contributed by atoms with Gasteiger partial charge in [0.15, 0.2) is 6.10 Å². The third-order valence-electron chi connectivity index (χ3n) is 4.49. The molecule has 0 aliphatic heterocycles. The van der Waals surface area contributed by atoms with Crippen LogP contribution >= 0.6 is 11.6 Å². The van der Waals surface area contributed by atoms with Gasteiger partial charge in [-0.1, -0.05) is 11.6 Å². The Bertz CT molecular complexity index is 1230. The van der Waals surface area contributed by atoms with E-state index in [2.05, 4.69) is 10.0 Å². The molecule has 1 unspecified atom stereocenters. The molecule has 1 aromatic heterocycles. The molecule has 3 aromatic rings. The van der Waals surface area contributed by atoms with Crippen LogP contribution in [0.25, 0.3) is 0 Å². The van der Waals surface area contributed by atoms with Crippen molar-refractivity contribution in [2.75, 3.05) is 12.4 Å². The molecule has 2 N–H and O–H groups in total. The van der Waals surface area contributed by atoms with Gasteiger partial charge in [-0.3, -0.25) is 4.79 Å². The maximum Gasteiger partial charge on any atom is 0.338 e. The normalized spacial score (nSPS) is 12.1. The minimum absolute atomic E-state index is 0.0107. The number of esters is 1. The maximum absolute atomic E-state index is 12.4. The highest BCUT2D eigenvalue weighted by Crippen LogP contribution is 2.28. The number of ether oxygens (including phenoxy) is 2. The Labute approximate surface area is 195 Å². The molecule has 3 rings (SSSR count). The molecule has 174 valence electrons. The van der Waals surface area contributed by atoms with E-state index in [0.29, 0.717) is 22.2 Å². The average molecular weight is 493 g/mol. The molecular formula is C22H21ClN2O7S. The summed E-state index contributed by atoms with van der Waals surface area (Å²) >= 11 is 5.95. The van der Waals surface area contributed by atoms with Gasteiger partial charge in [0, 0.05) is 5.02 Å². The van der Waals surface area contributed by atoms with Gasteiger partial charge in [-0.05, 0) is 61.5 Å². The molecule has 1 amide bonds. The molecule has 0 spiro atoms. The van der Waals surface area contributed by atoms with E-state index >= 15 is 0 Å². The lowest BCUT2D eigenvalue weighted by atomic mass is 10.2. The number of rotatable bonds is 9. The van der Waals surface area contributed by atoms with Gasteiger partial charge in [-0.15, -0.1) is 0 Å². The Morgan fingerprint density at radius 1 is 1.12 bits per heavy atom. The summed E-state index contributed by atoms with van der Waals surface area (Å²) in [4.78, 5) is 24.8. The molecule has 0 saturated carbocycles. The largest absolute Gasteiger partial charge is 0.495 e. The van der Waals surface area contributed by atoms with E-state index in [1.807, 2.05) is 0 Å². The van der Waals surface area contributed by atoms with E-state index in [0.717, 1.165) is 0 Å². The second kappa shape index (κ2) is 10.5. The molecule has 2 aromatic carbocycles. The van der Waals surface area contributed by atoms with Gasteiger partial charge in [0.05, 0.1) is 36.1 Å². The smallest absolute Gasteiger partial charge is 0.338 e. The van der Waals surface area contributed by atoms with Crippen LogP contribution in [0.3, 0.4) is 0 Å². The Morgan fingerprint density at radius 2 is 1.85 bits per heavy atom. The molecular weight excluding hydrogens is 472 g/mol. The second-order valence-corrected chi connectivity index (χ2v) is 9.01. The van der Waals surface area contributed by atoms with Crippen LogP contribution in [0.2, 0.25) is 5.02 Å². The Morgan fingerprint density at radius 3 is 2.48 bits per heavy atom. The third-order valence-corrected chi connectivity index (χ3v) is 6.14. The number of hydrogen-bond acceptors (Lipinski definition) is 7. The fourth-order valence-corrected chi connectivity index (χ4v) is 3.89. The van der Waals surface area contributed by atoms with Crippen molar-refractivity contribution in [1.82, 2.24) is 4.72 Å². The van der Waals surface area contributed by atoms with Gasteiger partial charge in [0.1, 0.15) is 11.5 Å². The minimum Gasteiger partial charge on any atom is -0.495 e. The summed E-state index contributed by atoms with van der Waals surface area (Å²) in [5, 5.41) is 2.99. The predicted molar refractivity (Wildman–Crippen MR) is 121 cm³/mol. The van der Waals surface area contributed by atoms with Gasteiger partial charge >= 0.3 is 5.97 Å². The molecule has 0 radical (unpaired) electrons. The molecule has 0 aliphatic carbocycles. The fourth-order valence-electron chi connectivity index (χ4n) is 2.73. The summed E-state index contributed by atoms with van der Waals surface area (Å²) < 4.78 is 42.6. The molecule has 9 nitrogen and oxygen atoms in total. The van der Waals surface area contributed by atoms with Gasteiger partial charge in [-0.2, -0.15) is 0 Å². The van der Waals surface area contributed by atoms with Gasteiger partial charge < -0.3 is 19.2 Å². The van der Waals surface area contributed by atoms with Crippen LogP contribution in [0.15, 0.2) is 70.2 Å². The van der Waals surface area contributed by atoms with Crippen molar-refractivity contribution in [1.29, 1.82) is 0 Å². The van der Waals surface area contributed by atoms with Gasteiger partial charge in [-0.25, -0.2) is 17.9 Å². The number of halogens is 1. The molecule has 0 bridgehead atoms. The fraction of sp³-hybridized carbons (Fsp3) is 0.182. The van der Waals surface area contributed by atoms with Crippen LogP contribution < -0.4 is 14.8 Å². The molecule has 0 fully saturated rings. The number of sulfonamides is 1. The first-order valence-electron chi connectivity index (χ1n) is 9.67. The molecule has 33 heavy (non-hydrogen) atoms. The van der Waals surface area contributed by atoms with Crippen molar-refractivity contribution < 1.29 is 31.9 Å². The van der Waals surface area contributed by atoms with Crippen LogP contribution in [-0.4, -0.2) is 33.5 Å². The summed E-state index contributed by atoms with van der Waals surface area (Å²) in [6.45, 7) is 1.39. The number of carbonyl (C=O) groups excluding carboxylic acids is 2. The van der Waals surface area contributed by atoms with E-state index < -0.39 is 28.0 Å². The molecule has 0 saturated heterocycles. The minimum atomic E-state index is -3.81. The number of methoxy groups -OCH3 is 1. The van der Waals surface area contributed by atoms with Crippen molar-refractivity contribution in [2.45, 2.75) is 24.5 Å². The lowest BCUT2D eigenvalue weighted by Crippen LogP contribution is -2.30. The highest BCUT2D eigenvalue weighted by molar-refractivity contribution is 7.89. The number of carbonyl (C=O) groups is 2. The van der Waals surface area contributed by atoms with E-state index in [1.54, 1.807) is 24.3 Å². The molecule has 1 atom stereocenters. The van der Waals surface area contributed by atoms with E-state index in [4.69, 9.17) is 25.5 Å². The van der Waals surface area contributed by atoms with Gasteiger partial charge in [0.2, 0.25) is 10.0 Å². The first kappa shape index (κ1) is 24.3. The number of amides is 1. The van der Waals surface area contributed by atoms with Crippen molar-refractivity contribution in [2.24, 2.45) is 0 Å². The first-order chi connectivity index (χ1) is 15.7. The lowest BCUT2D eigenvalue weighted by Gasteiger charge is -2.15. The van der Waals surface area contributed by atoms with Crippen molar-refractivity contribution >= 4 is 39.2 Å². The van der Waals surface area contributed by atoms with Crippen LogP contribution in [-0.2, 0) is 26.1 Å². The third kappa shape index (κ3) is 6.35. The standard InChI is InChI=1S/C22H21ClN2O7S/c1-14(21(26)25-19-12-16(23)7-10-20(19)30-2)32-22(27)15-5-8-18(9-6-15)33(28,29)24-13-17-4-3-11-31-17/h3-12,14,24H,13H2,1-2H3,(H,25,26). The number of nitrogens with one attached hydrogen (secondary N) is 2. The van der Waals surface area contributed by atoms with E-state index in [1.165, 1.54) is 50.6 Å². The topological polar surface area (TPSA) is 124 Å². The molecule has 1 heterocycles.